The number of phenolic OH excluding ortho intramolecular Hbond substituents is 1. The summed E-state index contributed by atoms with van der Waals surface area (Å²) in [4.78, 5) is 0. The summed E-state index contributed by atoms with van der Waals surface area (Å²) in [6.07, 6.45) is 0. The third-order valence-corrected chi connectivity index (χ3v) is 2.69. The monoisotopic (exact) mass is 263 g/mol. The Morgan fingerprint density at radius 1 is 1.00 bits per heavy atom. The van der Waals surface area contributed by atoms with Gasteiger partial charge in [-0.2, -0.15) is 0 Å². The van der Waals surface area contributed by atoms with Gasteiger partial charge in [-0.1, -0.05) is 18.2 Å². The molecule has 0 bridgehead atoms. The van der Waals surface area contributed by atoms with Gasteiger partial charge in [0.1, 0.15) is 5.75 Å². The summed E-state index contributed by atoms with van der Waals surface area (Å²) in [6, 6.07) is 14.9. The Morgan fingerprint density at radius 3 is 2.47 bits per heavy atom. The predicted molar refractivity (Wildman–Crippen MR) is 65.5 cm³/mol. The highest BCUT2D eigenvalue weighted by molar-refractivity contribution is 9.10. The lowest BCUT2D eigenvalue weighted by atomic mass is 10.2. The molecule has 0 heterocycles. The number of halogens is 1. The maximum Gasteiger partial charge on any atom is 0.117 e. The van der Waals surface area contributed by atoms with Crippen molar-refractivity contribution in [2.75, 3.05) is 5.32 Å². The molecule has 0 aliphatic carbocycles. The van der Waals surface area contributed by atoms with Crippen molar-refractivity contribution in [3.63, 3.8) is 0 Å². The number of hydrogen-bond acceptors (Lipinski definition) is 2. The van der Waals surface area contributed by atoms with Crippen molar-refractivity contribution < 1.29 is 5.11 Å². The zero-order chi connectivity index (χ0) is 10.7. The average molecular weight is 264 g/mol. The lowest BCUT2D eigenvalue weighted by Crippen LogP contribution is -1.90. The van der Waals surface area contributed by atoms with Crippen LogP contribution in [-0.2, 0) is 0 Å². The molecule has 0 amide bonds. The first-order valence-corrected chi connectivity index (χ1v) is 5.35. The molecule has 15 heavy (non-hydrogen) atoms. The molecule has 2 nitrogen and oxygen atoms in total. The van der Waals surface area contributed by atoms with Gasteiger partial charge >= 0.3 is 0 Å². The molecule has 0 atom stereocenters. The number of anilines is 2. The van der Waals surface area contributed by atoms with Gasteiger partial charge in [-0.25, -0.2) is 0 Å². The van der Waals surface area contributed by atoms with Crippen LogP contribution < -0.4 is 5.32 Å². The summed E-state index contributed by atoms with van der Waals surface area (Å²) in [6.45, 7) is 0. The minimum Gasteiger partial charge on any atom is -0.508 e. The minimum atomic E-state index is 0.247. The summed E-state index contributed by atoms with van der Waals surface area (Å²) in [5.41, 5.74) is 1.84. The Bertz CT molecular complexity index is 456. The molecule has 0 saturated heterocycles. The van der Waals surface area contributed by atoms with Crippen LogP contribution in [0.15, 0.2) is 53.0 Å². The average Bonchev–Trinajstić information content (AvgIpc) is 2.25. The fourth-order valence-corrected chi connectivity index (χ4v) is 1.63. The van der Waals surface area contributed by atoms with Gasteiger partial charge in [0.2, 0.25) is 0 Å². The van der Waals surface area contributed by atoms with Crippen LogP contribution >= 0.6 is 15.9 Å². The lowest BCUT2D eigenvalue weighted by molar-refractivity contribution is 0.475. The van der Waals surface area contributed by atoms with Crippen LogP contribution in [0.5, 0.6) is 5.75 Å². The highest BCUT2D eigenvalue weighted by Gasteiger charge is 2.00. The molecule has 0 aliphatic rings. The topological polar surface area (TPSA) is 32.3 Å². The Labute approximate surface area is 96.7 Å². The molecule has 0 aromatic heterocycles. The number of para-hydroxylation sites is 1. The Hall–Kier alpha value is -1.48. The maximum absolute atomic E-state index is 9.35. The van der Waals surface area contributed by atoms with Crippen molar-refractivity contribution in [1.29, 1.82) is 0 Å². The molecule has 0 aliphatic heterocycles. The summed E-state index contributed by atoms with van der Waals surface area (Å²) in [5, 5.41) is 12.6. The maximum atomic E-state index is 9.35. The molecular weight excluding hydrogens is 254 g/mol. The van der Waals surface area contributed by atoms with Crippen LogP contribution in [0.3, 0.4) is 0 Å². The van der Waals surface area contributed by atoms with Crippen molar-refractivity contribution >= 4 is 27.3 Å². The first kappa shape index (κ1) is 10.1. The van der Waals surface area contributed by atoms with E-state index in [-0.39, 0.29) is 5.75 Å². The molecular formula is C12H10BrNO. The van der Waals surface area contributed by atoms with Gasteiger partial charge in [0, 0.05) is 16.2 Å². The van der Waals surface area contributed by atoms with E-state index < -0.39 is 0 Å². The summed E-state index contributed by atoms with van der Waals surface area (Å²) in [5.74, 6) is 0.247. The normalized spacial score (nSPS) is 9.93. The first-order valence-electron chi connectivity index (χ1n) is 4.56. The second-order valence-corrected chi connectivity index (χ2v) is 4.01. The van der Waals surface area contributed by atoms with E-state index in [0.717, 1.165) is 15.8 Å². The van der Waals surface area contributed by atoms with Crippen LogP contribution in [0.25, 0.3) is 0 Å². The van der Waals surface area contributed by atoms with Gasteiger partial charge in [-0.3, -0.25) is 0 Å². The predicted octanol–water partition coefficient (Wildman–Crippen LogP) is 3.90. The largest absolute Gasteiger partial charge is 0.508 e. The third-order valence-electron chi connectivity index (χ3n) is 2.00. The van der Waals surface area contributed by atoms with Crippen LogP contribution in [0.1, 0.15) is 0 Å². The first-order chi connectivity index (χ1) is 7.25. The quantitative estimate of drug-likeness (QED) is 0.862. The zero-order valence-electron chi connectivity index (χ0n) is 7.94. The van der Waals surface area contributed by atoms with Gasteiger partial charge < -0.3 is 10.4 Å². The van der Waals surface area contributed by atoms with Crippen molar-refractivity contribution in [3.05, 3.63) is 53.0 Å². The Kier molecular flexibility index (Phi) is 2.92. The molecule has 0 fully saturated rings. The zero-order valence-corrected chi connectivity index (χ0v) is 9.53. The molecule has 3 heteroatoms. The molecule has 2 rings (SSSR count). The van der Waals surface area contributed by atoms with E-state index in [4.69, 9.17) is 0 Å². The number of nitrogens with one attached hydrogen (secondary N) is 1. The van der Waals surface area contributed by atoms with Crippen LogP contribution in [0.4, 0.5) is 11.4 Å². The van der Waals surface area contributed by atoms with Crippen molar-refractivity contribution in [1.82, 2.24) is 0 Å². The summed E-state index contributed by atoms with van der Waals surface area (Å²) in [7, 11) is 0. The standard InChI is InChI=1S/C12H10BrNO/c13-11-7-6-10(15)8-12(11)14-9-4-2-1-3-5-9/h1-8,14-15H. The fraction of sp³-hybridized carbons (Fsp3) is 0. The lowest BCUT2D eigenvalue weighted by Gasteiger charge is -2.08. The van der Waals surface area contributed by atoms with E-state index in [1.807, 2.05) is 30.3 Å². The Morgan fingerprint density at radius 2 is 1.73 bits per heavy atom. The van der Waals surface area contributed by atoms with Crippen LogP contribution in [-0.4, -0.2) is 5.11 Å². The third kappa shape index (κ3) is 2.50. The molecule has 2 aromatic carbocycles. The highest BCUT2D eigenvalue weighted by Crippen LogP contribution is 2.29. The van der Waals surface area contributed by atoms with Gasteiger partial charge in [-0.15, -0.1) is 0 Å². The number of rotatable bonds is 2. The molecule has 2 N–H and O–H groups in total. The van der Waals surface area contributed by atoms with Crippen LogP contribution in [0, 0.1) is 0 Å². The number of benzene rings is 2. The molecule has 0 saturated carbocycles. The van der Waals surface area contributed by atoms with E-state index >= 15 is 0 Å². The smallest absolute Gasteiger partial charge is 0.117 e. The second kappa shape index (κ2) is 4.36. The highest BCUT2D eigenvalue weighted by atomic mass is 79.9. The van der Waals surface area contributed by atoms with E-state index in [1.165, 1.54) is 0 Å². The number of hydrogen-bond donors (Lipinski definition) is 2. The molecule has 0 radical (unpaired) electrons. The van der Waals surface area contributed by atoms with Crippen LogP contribution in [0.2, 0.25) is 0 Å². The van der Waals surface area contributed by atoms with Crippen molar-refractivity contribution in [2.45, 2.75) is 0 Å². The second-order valence-electron chi connectivity index (χ2n) is 3.16. The Balaban J connectivity index is 2.28. The van der Waals surface area contributed by atoms with E-state index in [1.54, 1.807) is 18.2 Å². The number of aromatic hydroxyl groups is 1. The van der Waals surface area contributed by atoms with Gasteiger partial charge in [0.05, 0.1) is 5.69 Å². The molecule has 2 aromatic rings. The van der Waals surface area contributed by atoms with Gasteiger partial charge in [-0.05, 0) is 40.2 Å². The van der Waals surface area contributed by atoms with Gasteiger partial charge in [0.25, 0.3) is 0 Å². The number of phenols is 1. The summed E-state index contributed by atoms with van der Waals surface area (Å²) < 4.78 is 0.921. The van der Waals surface area contributed by atoms with E-state index in [0.29, 0.717) is 0 Å². The molecule has 0 unspecified atom stereocenters. The molecule has 76 valence electrons. The SMILES string of the molecule is Oc1ccc(Br)c(Nc2ccccc2)c1. The van der Waals surface area contributed by atoms with Crippen molar-refractivity contribution in [2.24, 2.45) is 0 Å². The van der Waals surface area contributed by atoms with Crippen molar-refractivity contribution in [3.8, 4) is 5.75 Å². The van der Waals surface area contributed by atoms with E-state index in [9.17, 15) is 5.11 Å². The molecule has 0 spiro atoms. The van der Waals surface area contributed by atoms with Gasteiger partial charge in [0.15, 0.2) is 0 Å². The summed E-state index contributed by atoms with van der Waals surface area (Å²) >= 11 is 3.41. The minimum absolute atomic E-state index is 0.247. The fourth-order valence-electron chi connectivity index (χ4n) is 1.29. The van der Waals surface area contributed by atoms with E-state index in [2.05, 4.69) is 21.2 Å².